The lowest BCUT2D eigenvalue weighted by Gasteiger charge is -2.18. The van der Waals surface area contributed by atoms with Crippen molar-refractivity contribution in [2.45, 2.75) is 284 Å². The summed E-state index contributed by atoms with van der Waals surface area (Å²) >= 11 is 0. The van der Waals surface area contributed by atoms with Gasteiger partial charge in [0.1, 0.15) is 13.2 Å². The second kappa shape index (κ2) is 60.6. The summed E-state index contributed by atoms with van der Waals surface area (Å²) in [5.41, 5.74) is 0. The van der Waals surface area contributed by atoms with Crippen molar-refractivity contribution in [2.24, 2.45) is 0 Å². The van der Waals surface area contributed by atoms with Crippen molar-refractivity contribution in [3.8, 4) is 0 Å². The van der Waals surface area contributed by atoms with Crippen LogP contribution in [0, 0.1) is 0 Å². The molecule has 6 nitrogen and oxygen atoms in total. The highest BCUT2D eigenvalue weighted by Gasteiger charge is 2.19. The van der Waals surface area contributed by atoms with Crippen LogP contribution in [0.2, 0.25) is 0 Å². The van der Waals surface area contributed by atoms with Crippen LogP contribution in [0.1, 0.15) is 278 Å². The molecular formula is C67H112O6. The van der Waals surface area contributed by atoms with Crippen molar-refractivity contribution in [3.63, 3.8) is 0 Å². The van der Waals surface area contributed by atoms with Crippen molar-refractivity contribution in [2.75, 3.05) is 13.2 Å². The molecular weight excluding hydrogens is 901 g/mol. The molecule has 0 aromatic carbocycles. The van der Waals surface area contributed by atoms with Gasteiger partial charge in [-0.05, 0) is 103 Å². The molecule has 1 atom stereocenters. The number of esters is 3. The molecule has 0 rings (SSSR count). The summed E-state index contributed by atoms with van der Waals surface area (Å²) in [5.74, 6) is -0.914. The quantitative estimate of drug-likeness (QED) is 0.0261. The summed E-state index contributed by atoms with van der Waals surface area (Å²) in [6.45, 7) is 6.40. The summed E-state index contributed by atoms with van der Waals surface area (Å²) in [4.78, 5) is 38.2. The van der Waals surface area contributed by atoms with Crippen LogP contribution in [0.4, 0.5) is 0 Å². The molecule has 0 aliphatic rings. The van der Waals surface area contributed by atoms with Gasteiger partial charge in [-0.2, -0.15) is 0 Å². The van der Waals surface area contributed by atoms with Gasteiger partial charge in [0.25, 0.3) is 0 Å². The number of carbonyl (C=O) groups excluding carboxylic acids is 3. The van der Waals surface area contributed by atoms with Gasteiger partial charge in [0.05, 0.1) is 0 Å². The average molecular weight is 1010 g/mol. The molecule has 0 radical (unpaired) electrons. The molecule has 416 valence electrons. The standard InChI is InChI=1S/C67H112O6/c1-4-7-10-13-16-19-22-25-27-29-30-31-32-33-34-35-36-38-39-42-45-48-51-54-57-60-66(69)72-63-64(62-71-65(68)59-56-53-50-47-44-41-24-21-18-15-12-9-6-3)73-67(70)61-58-55-52-49-46-43-40-37-28-26-23-20-17-14-11-8-5-2/h7-8,10-11,16-17,19-20,25-28,30-31,33-34,40,43,64H,4-6,9,12-15,18,21-24,29,32,35-39,41-42,44-63H2,1-3H3/b10-7-,11-8-,19-16-,20-17-,27-25-,28-26-,31-30-,34-33-,43-40-. The molecule has 0 fully saturated rings. The van der Waals surface area contributed by atoms with E-state index in [-0.39, 0.29) is 31.1 Å². The molecule has 0 spiro atoms. The molecule has 0 aromatic heterocycles. The zero-order valence-corrected chi connectivity index (χ0v) is 47.6. The maximum atomic E-state index is 12.9. The monoisotopic (exact) mass is 1010 g/mol. The third-order valence-corrected chi connectivity index (χ3v) is 12.8. The van der Waals surface area contributed by atoms with E-state index < -0.39 is 6.10 Å². The first-order valence-corrected chi connectivity index (χ1v) is 30.4. The van der Waals surface area contributed by atoms with E-state index in [4.69, 9.17) is 14.2 Å². The minimum atomic E-state index is -0.794. The van der Waals surface area contributed by atoms with Gasteiger partial charge in [-0.3, -0.25) is 14.4 Å². The van der Waals surface area contributed by atoms with Crippen molar-refractivity contribution in [3.05, 3.63) is 109 Å². The third-order valence-electron chi connectivity index (χ3n) is 12.8. The van der Waals surface area contributed by atoms with Crippen LogP contribution in [0.25, 0.3) is 0 Å². The van der Waals surface area contributed by atoms with E-state index in [9.17, 15) is 14.4 Å². The van der Waals surface area contributed by atoms with Gasteiger partial charge in [0.15, 0.2) is 6.10 Å². The molecule has 0 N–H and O–H groups in total. The highest BCUT2D eigenvalue weighted by atomic mass is 16.6. The molecule has 1 unspecified atom stereocenters. The third kappa shape index (κ3) is 58.8. The van der Waals surface area contributed by atoms with Crippen molar-refractivity contribution in [1.29, 1.82) is 0 Å². The van der Waals surface area contributed by atoms with Crippen LogP contribution >= 0.6 is 0 Å². The van der Waals surface area contributed by atoms with Crippen LogP contribution in [-0.2, 0) is 28.6 Å². The number of allylic oxidation sites excluding steroid dienone is 18. The van der Waals surface area contributed by atoms with Crippen LogP contribution in [-0.4, -0.2) is 37.2 Å². The first-order chi connectivity index (χ1) is 36.0. The Morgan fingerprint density at radius 1 is 0.288 bits per heavy atom. The van der Waals surface area contributed by atoms with E-state index in [1.807, 2.05) is 0 Å². The van der Waals surface area contributed by atoms with Gasteiger partial charge >= 0.3 is 17.9 Å². The van der Waals surface area contributed by atoms with E-state index in [0.717, 1.165) is 135 Å². The highest BCUT2D eigenvalue weighted by molar-refractivity contribution is 5.71. The zero-order valence-electron chi connectivity index (χ0n) is 47.6. The number of hydrogen-bond donors (Lipinski definition) is 0. The second-order valence-electron chi connectivity index (χ2n) is 19.9. The summed E-state index contributed by atoms with van der Waals surface area (Å²) in [6, 6.07) is 0. The minimum Gasteiger partial charge on any atom is -0.462 e. The molecule has 0 heterocycles. The first-order valence-electron chi connectivity index (χ1n) is 30.4. The van der Waals surface area contributed by atoms with Crippen LogP contribution < -0.4 is 0 Å². The maximum Gasteiger partial charge on any atom is 0.306 e. The fraction of sp³-hybridized carbons (Fsp3) is 0.687. The van der Waals surface area contributed by atoms with Gasteiger partial charge in [-0.25, -0.2) is 0 Å². The predicted octanol–water partition coefficient (Wildman–Crippen LogP) is 20.7. The second-order valence-corrected chi connectivity index (χ2v) is 19.9. The smallest absolute Gasteiger partial charge is 0.306 e. The molecule has 0 bridgehead atoms. The van der Waals surface area contributed by atoms with E-state index >= 15 is 0 Å². The Kier molecular flexibility index (Phi) is 57.4. The fourth-order valence-electron chi connectivity index (χ4n) is 8.28. The largest absolute Gasteiger partial charge is 0.462 e. The number of unbranched alkanes of at least 4 members (excludes halogenated alkanes) is 25. The molecule has 0 amide bonds. The Hall–Kier alpha value is -3.93. The van der Waals surface area contributed by atoms with Crippen molar-refractivity contribution >= 4 is 17.9 Å². The lowest BCUT2D eigenvalue weighted by Crippen LogP contribution is -2.30. The summed E-state index contributed by atoms with van der Waals surface area (Å²) in [7, 11) is 0. The minimum absolute atomic E-state index is 0.0887. The highest BCUT2D eigenvalue weighted by Crippen LogP contribution is 2.16. The predicted molar refractivity (Wildman–Crippen MR) is 316 cm³/mol. The number of rotatable bonds is 54. The molecule has 0 aliphatic heterocycles. The summed E-state index contributed by atoms with van der Waals surface area (Å²) in [5, 5.41) is 0. The molecule has 6 heteroatoms. The van der Waals surface area contributed by atoms with Crippen molar-refractivity contribution < 1.29 is 28.6 Å². The van der Waals surface area contributed by atoms with E-state index in [0.29, 0.717) is 19.3 Å². The van der Waals surface area contributed by atoms with Crippen LogP contribution in [0.5, 0.6) is 0 Å². The van der Waals surface area contributed by atoms with Gasteiger partial charge in [-0.15, -0.1) is 0 Å². The Balaban J connectivity index is 4.37. The summed E-state index contributed by atoms with van der Waals surface area (Å²) in [6.07, 6.45) is 82.2. The van der Waals surface area contributed by atoms with Gasteiger partial charge in [0.2, 0.25) is 0 Å². The molecule has 0 aliphatic carbocycles. The molecule has 73 heavy (non-hydrogen) atoms. The normalized spacial score (nSPS) is 12.9. The molecule has 0 saturated heterocycles. The lowest BCUT2D eigenvalue weighted by atomic mass is 10.0. The Labute approximate surface area is 450 Å². The van der Waals surface area contributed by atoms with Gasteiger partial charge in [0, 0.05) is 19.3 Å². The van der Waals surface area contributed by atoms with E-state index in [1.165, 1.54) is 103 Å². The molecule has 0 aromatic rings. The SMILES string of the molecule is CC/C=C\C/C=C\C/C=C\C/C=C\C/C=C\CCCCCCCCCCCC(=O)OCC(COC(=O)CCCCCCCCCCCCCCC)OC(=O)CCCCCC/C=C\C/C=C\C/C=C\C/C=C\CC. The van der Waals surface area contributed by atoms with Gasteiger partial charge < -0.3 is 14.2 Å². The topological polar surface area (TPSA) is 78.9 Å². The van der Waals surface area contributed by atoms with Crippen LogP contribution in [0.15, 0.2) is 109 Å². The van der Waals surface area contributed by atoms with E-state index in [1.54, 1.807) is 0 Å². The number of hydrogen-bond acceptors (Lipinski definition) is 6. The average Bonchev–Trinajstić information content (AvgIpc) is 3.39. The lowest BCUT2D eigenvalue weighted by molar-refractivity contribution is -0.167. The Morgan fingerprint density at radius 2 is 0.534 bits per heavy atom. The van der Waals surface area contributed by atoms with E-state index in [2.05, 4.69) is 130 Å². The fourth-order valence-corrected chi connectivity index (χ4v) is 8.28. The summed E-state index contributed by atoms with van der Waals surface area (Å²) < 4.78 is 16.9. The van der Waals surface area contributed by atoms with Gasteiger partial charge in [-0.1, -0.05) is 265 Å². The Bertz CT molecular complexity index is 1490. The number of ether oxygens (including phenoxy) is 3. The van der Waals surface area contributed by atoms with Crippen LogP contribution in [0.3, 0.4) is 0 Å². The number of carbonyl (C=O) groups is 3. The van der Waals surface area contributed by atoms with Crippen molar-refractivity contribution in [1.82, 2.24) is 0 Å². The first kappa shape index (κ1) is 69.1. The maximum absolute atomic E-state index is 12.9. The zero-order chi connectivity index (χ0) is 52.9. The Morgan fingerprint density at radius 3 is 0.836 bits per heavy atom. The molecule has 0 saturated carbocycles.